The van der Waals surface area contributed by atoms with E-state index in [2.05, 4.69) is 19.0 Å². The predicted molar refractivity (Wildman–Crippen MR) is 80.3 cm³/mol. The monoisotopic (exact) mass is 276 g/mol. The molecular weight excluding hydrogens is 252 g/mol. The largest absolute Gasteiger partial charge is 0.490 e. The highest BCUT2D eigenvalue weighted by Gasteiger charge is 2.26. The number of rotatable bonds is 3. The number of nitrogens with zero attached hydrogens (tertiary/aromatic N) is 1. The van der Waals surface area contributed by atoms with Crippen molar-refractivity contribution < 1.29 is 9.94 Å². The Hall–Kier alpha value is -1.71. The van der Waals surface area contributed by atoms with Crippen LogP contribution in [0.1, 0.15) is 44.2 Å². The molecule has 1 aliphatic rings. The first kappa shape index (κ1) is 14.7. The Balaban J connectivity index is 2.13. The Morgan fingerprint density at radius 1 is 1.30 bits per heavy atom. The molecule has 1 aromatic carbocycles. The summed E-state index contributed by atoms with van der Waals surface area (Å²) in [5, 5.41) is 11.8. The number of nitrogens with two attached hydrogens (primary N) is 1. The fourth-order valence-electron chi connectivity index (χ4n) is 2.73. The molecule has 1 aliphatic carbocycles. The molecule has 0 radical (unpaired) electrons. The zero-order valence-corrected chi connectivity index (χ0v) is 12.5. The van der Waals surface area contributed by atoms with E-state index in [0.29, 0.717) is 11.5 Å². The predicted octanol–water partition coefficient (Wildman–Crippen LogP) is 3.29. The van der Waals surface area contributed by atoms with Crippen molar-refractivity contribution >= 4 is 5.84 Å². The van der Waals surface area contributed by atoms with E-state index in [0.717, 1.165) is 30.1 Å². The molecular formula is C16H24N2O2. The molecule has 2 rings (SSSR count). The van der Waals surface area contributed by atoms with Crippen molar-refractivity contribution in [1.29, 1.82) is 0 Å². The normalized spacial score (nSPS) is 27.4. The van der Waals surface area contributed by atoms with Crippen LogP contribution in [0.3, 0.4) is 0 Å². The Labute approximate surface area is 120 Å². The maximum Gasteiger partial charge on any atom is 0.170 e. The van der Waals surface area contributed by atoms with Gasteiger partial charge in [-0.2, -0.15) is 0 Å². The van der Waals surface area contributed by atoms with E-state index >= 15 is 0 Å². The number of aryl methyl sites for hydroxylation is 1. The highest BCUT2D eigenvalue weighted by atomic mass is 16.5. The molecule has 1 aromatic rings. The second-order valence-corrected chi connectivity index (χ2v) is 5.97. The molecule has 0 aromatic heterocycles. The van der Waals surface area contributed by atoms with Gasteiger partial charge in [-0.25, -0.2) is 0 Å². The van der Waals surface area contributed by atoms with Gasteiger partial charge in [0.15, 0.2) is 5.84 Å². The summed E-state index contributed by atoms with van der Waals surface area (Å²) >= 11 is 0. The lowest BCUT2D eigenvalue weighted by Crippen LogP contribution is -2.29. The fourth-order valence-corrected chi connectivity index (χ4v) is 2.73. The van der Waals surface area contributed by atoms with Crippen LogP contribution in [-0.4, -0.2) is 17.1 Å². The number of oxime groups is 1. The first-order valence-corrected chi connectivity index (χ1v) is 7.26. The molecule has 3 N–H and O–H groups in total. The van der Waals surface area contributed by atoms with Gasteiger partial charge in [-0.1, -0.05) is 31.1 Å². The van der Waals surface area contributed by atoms with Gasteiger partial charge in [0, 0.05) is 5.56 Å². The van der Waals surface area contributed by atoms with E-state index in [1.165, 1.54) is 6.42 Å². The van der Waals surface area contributed by atoms with Crippen LogP contribution in [0, 0.1) is 18.8 Å². The minimum Gasteiger partial charge on any atom is -0.490 e. The molecule has 0 amide bonds. The van der Waals surface area contributed by atoms with E-state index in [-0.39, 0.29) is 11.9 Å². The van der Waals surface area contributed by atoms with Crippen LogP contribution in [0.5, 0.6) is 5.75 Å². The molecule has 110 valence electrons. The average Bonchev–Trinajstić information content (AvgIpc) is 2.44. The Kier molecular flexibility index (Phi) is 4.53. The summed E-state index contributed by atoms with van der Waals surface area (Å²) in [5.41, 5.74) is 7.39. The van der Waals surface area contributed by atoms with Gasteiger partial charge in [-0.05, 0) is 49.7 Å². The van der Waals surface area contributed by atoms with Crippen molar-refractivity contribution in [2.75, 3.05) is 0 Å². The van der Waals surface area contributed by atoms with Crippen molar-refractivity contribution in [3.8, 4) is 5.75 Å². The number of hydrogen-bond acceptors (Lipinski definition) is 3. The van der Waals surface area contributed by atoms with Gasteiger partial charge in [0.2, 0.25) is 0 Å². The summed E-state index contributed by atoms with van der Waals surface area (Å²) in [6.45, 7) is 6.62. The molecule has 0 saturated heterocycles. The molecule has 3 atom stereocenters. The highest BCUT2D eigenvalue weighted by molar-refractivity contribution is 5.97. The van der Waals surface area contributed by atoms with E-state index in [4.69, 9.17) is 15.7 Å². The molecule has 0 aliphatic heterocycles. The molecule has 1 saturated carbocycles. The lowest BCUT2D eigenvalue weighted by atomic mass is 9.80. The third kappa shape index (κ3) is 3.24. The lowest BCUT2D eigenvalue weighted by Gasteiger charge is -2.32. The summed E-state index contributed by atoms with van der Waals surface area (Å²) in [6, 6.07) is 5.63. The summed E-state index contributed by atoms with van der Waals surface area (Å²) in [6.07, 6.45) is 3.67. The maximum atomic E-state index is 8.76. The summed E-state index contributed by atoms with van der Waals surface area (Å²) < 4.78 is 6.15. The van der Waals surface area contributed by atoms with Crippen LogP contribution in [0.15, 0.2) is 23.4 Å². The fraction of sp³-hybridized carbons (Fsp3) is 0.562. The van der Waals surface area contributed by atoms with E-state index in [1.807, 2.05) is 25.1 Å². The SMILES string of the molecule is Cc1ccc(/C(N)=N/O)cc1OC1CCC(C)C(C)C1. The van der Waals surface area contributed by atoms with Crippen LogP contribution >= 0.6 is 0 Å². The van der Waals surface area contributed by atoms with Crippen LogP contribution in [0.25, 0.3) is 0 Å². The van der Waals surface area contributed by atoms with E-state index in [1.54, 1.807) is 0 Å². The second kappa shape index (κ2) is 6.16. The van der Waals surface area contributed by atoms with Crippen molar-refractivity contribution in [3.05, 3.63) is 29.3 Å². The Morgan fingerprint density at radius 3 is 2.70 bits per heavy atom. The Morgan fingerprint density at radius 2 is 2.05 bits per heavy atom. The van der Waals surface area contributed by atoms with E-state index < -0.39 is 0 Å². The number of ether oxygens (including phenoxy) is 1. The smallest absolute Gasteiger partial charge is 0.170 e. The molecule has 1 fully saturated rings. The molecule has 3 unspecified atom stereocenters. The summed E-state index contributed by atoms with van der Waals surface area (Å²) in [5.74, 6) is 2.42. The Bertz CT molecular complexity index is 499. The second-order valence-electron chi connectivity index (χ2n) is 5.97. The van der Waals surface area contributed by atoms with Gasteiger partial charge < -0.3 is 15.7 Å². The summed E-state index contributed by atoms with van der Waals surface area (Å²) in [7, 11) is 0. The third-order valence-corrected chi connectivity index (χ3v) is 4.44. The molecule has 0 spiro atoms. The van der Waals surface area contributed by atoms with Crippen molar-refractivity contribution in [3.63, 3.8) is 0 Å². The van der Waals surface area contributed by atoms with Crippen molar-refractivity contribution in [2.45, 2.75) is 46.1 Å². The van der Waals surface area contributed by atoms with Gasteiger partial charge in [0.05, 0.1) is 6.10 Å². The average molecular weight is 276 g/mol. The van der Waals surface area contributed by atoms with Crippen LogP contribution in [0.2, 0.25) is 0 Å². The topological polar surface area (TPSA) is 67.8 Å². The number of benzene rings is 1. The third-order valence-electron chi connectivity index (χ3n) is 4.44. The van der Waals surface area contributed by atoms with Gasteiger partial charge >= 0.3 is 0 Å². The molecule has 4 nitrogen and oxygen atoms in total. The van der Waals surface area contributed by atoms with Gasteiger partial charge in [-0.15, -0.1) is 0 Å². The minimum absolute atomic E-state index is 0.112. The molecule has 20 heavy (non-hydrogen) atoms. The van der Waals surface area contributed by atoms with Crippen molar-refractivity contribution in [2.24, 2.45) is 22.7 Å². The van der Waals surface area contributed by atoms with Crippen LogP contribution in [-0.2, 0) is 0 Å². The molecule has 0 bridgehead atoms. The first-order chi connectivity index (χ1) is 9.51. The van der Waals surface area contributed by atoms with Crippen molar-refractivity contribution in [1.82, 2.24) is 0 Å². The zero-order valence-electron chi connectivity index (χ0n) is 12.5. The van der Waals surface area contributed by atoms with E-state index in [9.17, 15) is 0 Å². The number of hydrogen-bond donors (Lipinski definition) is 2. The van der Waals surface area contributed by atoms with Crippen LogP contribution < -0.4 is 10.5 Å². The minimum atomic E-state index is 0.112. The van der Waals surface area contributed by atoms with Gasteiger partial charge in [0.25, 0.3) is 0 Å². The standard InChI is InChI=1S/C16H24N2O2/c1-10-5-7-14(8-12(10)3)20-15-9-13(16(17)18-19)6-4-11(15)2/h4,6,9-10,12,14,19H,5,7-8H2,1-3H3,(H2,17,18). The van der Waals surface area contributed by atoms with Crippen LogP contribution in [0.4, 0.5) is 0 Å². The summed E-state index contributed by atoms with van der Waals surface area (Å²) in [4.78, 5) is 0. The molecule has 0 heterocycles. The maximum absolute atomic E-state index is 8.76. The number of amidine groups is 1. The zero-order chi connectivity index (χ0) is 14.7. The first-order valence-electron chi connectivity index (χ1n) is 7.26. The quantitative estimate of drug-likeness (QED) is 0.385. The highest BCUT2D eigenvalue weighted by Crippen LogP contribution is 2.32. The van der Waals surface area contributed by atoms with Gasteiger partial charge in [0.1, 0.15) is 5.75 Å². The van der Waals surface area contributed by atoms with Gasteiger partial charge in [-0.3, -0.25) is 0 Å². The molecule has 4 heteroatoms. The lowest BCUT2D eigenvalue weighted by molar-refractivity contribution is 0.0999.